The molecule has 1 saturated heterocycles. The number of hydrogen-bond acceptors (Lipinski definition) is 3. The minimum atomic E-state index is 0.795. The van der Waals surface area contributed by atoms with Crippen LogP contribution in [0.4, 0.5) is 5.82 Å². The number of fused-ring (bicyclic) bond motifs is 3. The largest absolute Gasteiger partial charge is 0.356 e. The summed E-state index contributed by atoms with van der Waals surface area (Å²) in [5, 5.41) is 0. The lowest BCUT2D eigenvalue weighted by atomic mass is 10.1. The van der Waals surface area contributed by atoms with Crippen molar-refractivity contribution in [2.75, 3.05) is 18.0 Å². The van der Waals surface area contributed by atoms with Crippen LogP contribution in [-0.4, -0.2) is 27.5 Å². The first-order valence-corrected chi connectivity index (χ1v) is 7.34. The maximum absolute atomic E-state index is 4.74. The van der Waals surface area contributed by atoms with Gasteiger partial charge < -0.3 is 4.90 Å². The Morgan fingerprint density at radius 1 is 1.20 bits per heavy atom. The Morgan fingerprint density at radius 2 is 2.10 bits per heavy atom. The molecule has 4 nitrogen and oxygen atoms in total. The number of imidazole rings is 1. The number of para-hydroxylation sites is 2. The van der Waals surface area contributed by atoms with Crippen LogP contribution in [0.3, 0.4) is 0 Å². The Kier molecular flexibility index (Phi) is 2.62. The van der Waals surface area contributed by atoms with Gasteiger partial charge in [0.25, 0.3) is 0 Å². The van der Waals surface area contributed by atoms with Crippen LogP contribution in [0.2, 0.25) is 0 Å². The van der Waals surface area contributed by atoms with Gasteiger partial charge >= 0.3 is 0 Å². The van der Waals surface area contributed by atoms with Crippen LogP contribution >= 0.6 is 0 Å². The molecule has 0 saturated carbocycles. The number of rotatable bonds is 2. The summed E-state index contributed by atoms with van der Waals surface area (Å²) in [4.78, 5) is 11.7. The van der Waals surface area contributed by atoms with Crippen molar-refractivity contribution in [2.24, 2.45) is 5.92 Å². The number of benzene rings is 1. The summed E-state index contributed by atoms with van der Waals surface area (Å²) in [5.41, 5.74) is 2.12. The predicted octanol–water partition coefficient (Wildman–Crippen LogP) is 3.12. The molecule has 1 atom stereocenters. The van der Waals surface area contributed by atoms with E-state index in [0.717, 1.165) is 41.6 Å². The number of hydrogen-bond donors (Lipinski definition) is 0. The van der Waals surface area contributed by atoms with Crippen LogP contribution in [0.15, 0.2) is 36.5 Å². The van der Waals surface area contributed by atoms with Crippen molar-refractivity contribution in [1.82, 2.24) is 14.4 Å². The fourth-order valence-electron chi connectivity index (χ4n) is 3.09. The maximum Gasteiger partial charge on any atom is 0.236 e. The van der Waals surface area contributed by atoms with Crippen LogP contribution < -0.4 is 4.90 Å². The zero-order chi connectivity index (χ0) is 13.5. The van der Waals surface area contributed by atoms with Crippen molar-refractivity contribution in [1.29, 1.82) is 0 Å². The van der Waals surface area contributed by atoms with E-state index in [1.807, 2.05) is 18.2 Å². The van der Waals surface area contributed by atoms with Crippen LogP contribution in [0.5, 0.6) is 0 Å². The highest BCUT2D eigenvalue weighted by molar-refractivity contribution is 5.79. The highest BCUT2D eigenvalue weighted by Crippen LogP contribution is 2.25. The lowest BCUT2D eigenvalue weighted by molar-refractivity contribution is 0.569. The molecule has 1 aliphatic heterocycles. The van der Waals surface area contributed by atoms with E-state index < -0.39 is 0 Å². The third-order valence-electron chi connectivity index (χ3n) is 4.35. The molecule has 4 rings (SSSR count). The van der Waals surface area contributed by atoms with Gasteiger partial charge in [-0.15, -0.1) is 0 Å². The van der Waals surface area contributed by atoms with Crippen molar-refractivity contribution in [2.45, 2.75) is 19.8 Å². The number of nitrogens with zero attached hydrogens (tertiary/aromatic N) is 4. The van der Waals surface area contributed by atoms with E-state index in [-0.39, 0.29) is 0 Å². The second-order valence-electron chi connectivity index (χ2n) is 5.57. The number of aromatic nitrogens is 3. The average molecular weight is 266 g/mol. The van der Waals surface area contributed by atoms with Gasteiger partial charge in [0.1, 0.15) is 5.82 Å². The Balaban J connectivity index is 1.77. The van der Waals surface area contributed by atoms with E-state index in [2.05, 4.69) is 39.5 Å². The molecule has 0 aliphatic carbocycles. The Hall–Kier alpha value is -2.10. The van der Waals surface area contributed by atoms with Crippen LogP contribution in [0.1, 0.15) is 19.8 Å². The van der Waals surface area contributed by atoms with Crippen LogP contribution in [0.25, 0.3) is 16.8 Å². The number of anilines is 1. The lowest BCUT2D eigenvalue weighted by Crippen LogP contribution is -2.20. The van der Waals surface area contributed by atoms with Gasteiger partial charge in [-0.3, -0.25) is 4.40 Å². The van der Waals surface area contributed by atoms with E-state index >= 15 is 0 Å². The van der Waals surface area contributed by atoms with Crippen molar-refractivity contribution < 1.29 is 0 Å². The zero-order valence-electron chi connectivity index (χ0n) is 11.7. The third-order valence-corrected chi connectivity index (χ3v) is 4.35. The topological polar surface area (TPSA) is 33.4 Å². The molecule has 0 bridgehead atoms. The van der Waals surface area contributed by atoms with Crippen LogP contribution in [-0.2, 0) is 0 Å². The second kappa shape index (κ2) is 4.47. The summed E-state index contributed by atoms with van der Waals surface area (Å²) in [7, 11) is 0. The molecule has 2 aromatic heterocycles. The van der Waals surface area contributed by atoms with Gasteiger partial charge in [-0.1, -0.05) is 25.5 Å². The van der Waals surface area contributed by atoms with Crippen molar-refractivity contribution in [3.8, 4) is 0 Å². The molecule has 1 aromatic carbocycles. The minimum Gasteiger partial charge on any atom is -0.356 e. The summed E-state index contributed by atoms with van der Waals surface area (Å²) in [5.74, 6) is 2.67. The molecule has 1 unspecified atom stereocenters. The van der Waals surface area contributed by atoms with Gasteiger partial charge in [0.15, 0.2) is 0 Å². The van der Waals surface area contributed by atoms with E-state index in [0.29, 0.717) is 0 Å². The van der Waals surface area contributed by atoms with E-state index in [1.54, 1.807) is 0 Å². The minimum absolute atomic E-state index is 0.795. The molecule has 102 valence electrons. The Morgan fingerprint density at radius 3 is 2.95 bits per heavy atom. The Bertz CT molecular complexity index is 761. The fourth-order valence-corrected chi connectivity index (χ4v) is 3.09. The van der Waals surface area contributed by atoms with Gasteiger partial charge in [-0.25, -0.2) is 4.98 Å². The second-order valence-corrected chi connectivity index (χ2v) is 5.57. The highest BCUT2D eigenvalue weighted by atomic mass is 15.2. The molecule has 20 heavy (non-hydrogen) atoms. The average Bonchev–Trinajstić information content (AvgIpc) is 3.10. The molecule has 0 amide bonds. The molecular formula is C16H18N4. The zero-order valence-corrected chi connectivity index (χ0v) is 11.7. The first-order valence-electron chi connectivity index (χ1n) is 7.34. The van der Waals surface area contributed by atoms with E-state index in [9.17, 15) is 0 Å². The molecule has 3 heterocycles. The summed E-state index contributed by atoms with van der Waals surface area (Å²) in [6, 6.07) is 10.3. The van der Waals surface area contributed by atoms with Gasteiger partial charge in [-0.05, 0) is 30.5 Å². The summed E-state index contributed by atoms with van der Waals surface area (Å²) in [6.45, 7) is 4.51. The maximum atomic E-state index is 4.74. The van der Waals surface area contributed by atoms with Crippen molar-refractivity contribution in [3.05, 3.63) is 36.5 Å². The quantitative estimate of drug-likeness (QED) is 0.714. The van der Waals surface area contributed by atoms with E-state index in [4.69, 9.17) is 4.98 Å². The van der Waals surface area contributed by atoms with Gasteiger partial charge in [0, 0.05) is 19.3 Å². The van der Waals surface area contributed by atoms with Crippen molar-refractivity contribution in [3.63, 3.8) is 0 Å². The first kappa shape index (κ1) is 11.7. The summed E-state index contributed by atoms with van der Waals surface area (Å²) >= 11 is 0. The summed E-state index contributed by atoms with van der Waals surface area (Å²) < 4.78 is 2.06. The standard InChI is InChI=1S/C16H18N4/c1-2-12-7-9-19(11-12)15-8-10-20-14-6-4-3-5-13(14)17-16(20)18-15/h3-6,8,10,12H,2,7,9,11H2,1H3. The molecule has 0 spiro atoms. The molecular weight excluding hydrogens is 248 g/mol. The van der Waals surface area contributed by atoms with Gasteiger partial charge in [-0.2, -0.15) is 4.98 Å². The first-order chi connectivity index (χ1) is 9.85. The van der Waals surface area contributed by atoms with Gasteiger partial charge in [0.05, 0.1) is 11.0 Å². The Labute approximate surface area is 118 Å². The molecule has 4 heteroatoms. The third kappa shape index (κ3) is 1.75. The normalized spacial score (nSPS) is 19.2. The molecule has 0 N–H and O–H groups in total. The molecule has 3 aromatic rings. The lowest BCUT2D eigenvalue weighted by Gasteiger charge is -2.17. The highest BCUT2D eigenvalue weighted by Gasteiger charge is 2.22. The van der Waals surface area contributed by atoms with E-state index in [1.165, 1.54) is 12.8 Å². The smallest absolute Gasteiger partial charge is 0.236 e. The molecule has 1 fully saturated rings. The fraction of sp³-hybridized carbons (Fsp3) is 0.375. The molecule has 0 radical (unpaired) electrons. The SMILES string of the molecule is CCC1CCN(c2ccn3c(n2)nc2ccccc23)C1. The summed E-state index contributed by atoms with van der Waals surface area (Å²) in [6.07, 6.45) is 4.62. The van der Waals surface area contributed by atoms with Crippen molar-refractivity contribution >= 4 is 22.6 Å². The predicted molar refractivity (Wildman–Crippen MR) is 81.1 cm³/mol. The van der Waals surface area contributed by atoms with Gasteiger partial charge in [0.2, 0.25) is 5.78 Å². The van der Waals surface area contributed by atoms with Crippen LogP contribution in [0, 0.1) is 5.92 Å². The monoisotopic (exact) mass is 266 g/mol. The molecule has 1 aliphatic rings.